The van der Waals surface area contributed by atoms with Crippen molar-refractivity contribution in [3.8, 4) is 0 Å². The van der Waals surface area contributed by atoms with E-state index in [0.717, 1.165) is 6.42 Å². The van der Waals surface area contributed by atoms with Gasteiger partial charge in [0, 0.05) is 17.7 Å². The lowest BCUT2D eigenvalue weighted by Crippen LogP contribution is -2.33. The summed E-state index contributed by atoms with van der Waals surface area (Å²) >= 11 is 0. The molecule has 0 heterocycles. The zero-order valence-corrected chi connectivity index (χ0v) is 15.2. The van der Waals surface area contributed by atoms with E-state index in [1.807, 2.05) is 0 Å². The van der Waals surface area contributed by atoms with Crippen LogP contribution in [0.5, 0.6) is 0 Å². The van der Waals surface area contributed by atoms with Crippen LogP contribution in [0.1, 0.15) is 77.0 Å². The summed E-state index contributed by atoms with van der Waals surface area (Å²) < 4.78 is 61.6. The summed E-state index contributed by atoms with van der Waals surface area (Å²) in [6.07, 6.45) is 3.49. The molecule has 24 heavy (non-hydrogen) atoms. The molecule has 0 N–H and O–H groups in total. The molecule has 2 nitrogen and oxygen atoms in total. The zero-order valence-electron chi connectivity index (χ0n) is 14.3. The van der Waals surface area contributed by atoms with Crippen molar-refractivity contribution in [1.29, 1.82) is 0 Å². The van der Waals surface area contributed by atoms with Crippen molar-refractivity contribution in [2.75, 3.05) is 0 Å². The molecule has 0 spiro atoms. The maximum atomic E-state index is 13.9. The average Bonchev–Trinajstić information content (AvgIpc) is 2.55. The molecule has 3 fully saturated rings. The van der Waals surface area contributed by atoms with Crippen LogP contribution in [0.25, 0.3) is 0 Å². The van der Waals surface area contributed by atoms with Gasteiger partial charge in [-0.15, -0.1) is 0 Å². The quantitative estimate of drug-likeness (QED) is 0.560. The minimum atomic E-state index is -3.19. The van der Waals surface area contributed by atoms with Gasteiger partial charge in [0.25, 0.3) is 0 Å². The zero-order chi connectivity index (χ0) is 17.2. The fourth-order valence-corrected chi connectivity index (χ4v) is 8.48. The first kappa shape index (κ1) is 18.8. The van der Waals surface area contributed by atoms with Gasteiger partial charge in [-0.2, -0.15) is 0 Å². The van der Waals surface area contributed by atoms with Crippen LogP contribution in [-0.2, 0) is 9.09 Å². The molecule has 0 bridgehead atoms. The summed E-state index contributed by atoms with van der Waals surface area (Å²) in [6, 6.07) is 0. The van der Waals surface area contributed by atoms with Crippen molar-refractivity contribution in [3.05, 3.63) is 0 Å². The molecular weight excluding hydrogens is 336 g/mol. The molecule has 6 unspecified atom stereocenters. The van der Waals surface area contributed by atoms with Crippen LogP contribution in [0, 0.1) is 0 Å². The summed E-state index contributed by atoms with van der Waals surface area (Å²) in [5.74, 6) is 0. The maximum absolute atomic E-state index is 13.9. The van der Waals surface area contributed by atoms with E-state index in [4.69, 9.17) is 4.52 Å². The Kier molecular flexibility index (Phi) is 6.35. The fourth-order valence-electron chi connectivity index (χ4n) is 4.75. The Morgan fingerprint density at radius 2 is 1.12 bits per heavy atom. The van der Waals surface area contributed by atoms with Crippen molar-refractivity contribution in [1.82, 2.24) is 0 Å². The normalized spacial score (nSPS) is 44.0. The van der Waals surface area contributed by atoms with Gasteiger partial charge in [-0.3, -0.25) is 4.57 Å². The molecule has 6 heteroatoms. The summed E-state index contributed by atoms with van der Waals surface area (Å²) in [5.41, 5.74) is -0.618. The van der Waals surface area contributed by atoms with Gasteiger partial charge >= 0.3 is 0 Å². The van der Waals surface area contributed by atoms with Crippen molar-refractivity contribution in [2.45, 2.75) is 113 Å². The number of rotatable bonds is 4. The molecule has 0 aromatic carbocycles. The fraction of sp³-hybridized carbons (Fsp3) is 1.00. The summed E-state index contributed by atoms with van der Waals surface area (Å²) in [4.78, 5) is 0. The molecule has 140 valence electrons. The van der Waals surface area contributed by atoms with Gasteiger partial charge in [-0.25, -0.2) is 13.2 Å². The summed E-state index contributed by atoms with van der Waals surface area (Å²) in [5, 5.41) is 0. The Hall–Kier alpha value is -0.0200. The molecule has 3 aliphatic rings. The lowest BCUT2D eigenvalue weighted by atomic mass is 9.96. The van der Waals surface area contributed by atoms with Crippen LogP contribution in [0.15, 0.2) is 0 Å². The van der Waals surface area contributed by atoms with Gasteiger partial charge in [-0.05, 0) is 70.6 Å². The lowest BCUT2D eigenvalue weighted by molar-refractivity contribution is 0.0966. The second kappa shape index (κ2) is 8.12. The van der Waals surface area contributed by atoms with Crippen LogP contribution in [0.3, 0.4) is 0 Å². The van der Waals surface area contributed by atoms with Crippen molar-refractivity contribution >= 4 is 7.37 Å². The van der Waals surface area contributed by atoms with Crippen LogP contribution in [-0.4, -0.2) is 35.9 Å². The van der Waals surface area contributed by atoms with Gasteiger partial charge in [0.1, 0.15) is 18.5 Å². The van der Waals surface area contributed by atoms with Crippen LogP contribution >= 0.6 is 7.37 Å². The van der Waals surface area contributed by atoms with Gasteiger partial charge in [0.05, 0.1) is 6.10 Å². The molecule has 0 aliphatic heterocycles. The minimum absolute atomic E-state index is 0.260. The first-order chi connectivity index (χ1) is 11.5. The van der Waals surface area contributed by atoms with E-state index < -0.39 is 25.9 Å². The first-order valence-corrected chi connectivity index (χ1v) is 11.4. The topological polar surface area (TPSA) is 26.3 Å². The standard InChI is InChI=1S/C18H30F3O2P/c19-13-4-1-7-16(10-13)23-24(22,17-8-2-5-14(20)11-17)18-9-3-6-15(21)12-18/h13-18H,1-12H2. The van der Waals surface area contributed by atoms with E-state index in [2.05, 4.69) is 0 Å². The Morgan fingerprint density at radius 3 is 1.58 bits per heavy atom. The third-order valence-electron chi connectivity index (χ3n) is 6.06. The SMILES string of the molecule is O=P(OC1CCCC(F)C1)(C1CCCC(F)C1)C1CCCC(F)C1. The third-order valence-corrected chi connectivity index (χ3v) is 9.66. The average molecular weight is 366 g/mol. The molecule has 6 atom stereocenters. The predicted molar refractivity (Wildman–Crippen MR) is 90.1 cm³/mol. The highest BCUT2D eigenvalue weighted by atomic mass is 31.2. The van der Waals surface area contributed by atoms with E-state index in [9.17, 15) is 17.7 Å². The van der Waals surface area contributed by atoms with Crippen LogP contribution in [0.2, 0.25) is 0 Å². The predicted octanol–water partition coefficient (Wildman–Crippen LogP) is 6.12. The molecule has 3 saturated carbocycles. The molecule has 0 saturated heterocycles. The number of alkyl halides is 3. The van der Waals surface area contributed by atoms with Crippen LogP contribution < -0.4 is 0 Å². The van der Waals surface area contributed by atoms with Crippen LogP contribution in [0.4, 0.5) is 13.2 Å². The minimum Gasteiger partial charge on any atom is -0.325 e. The maximum Gasteiger partial charge on any atom is 0.209 e. The first-order valence-electron chi connectivity index (χ1n) is 9.67. The molecular formula is C18H30F3O2P. The highest BCUT2D eigenvalue weighted by molar-refractivity contribution is 7.60. The van der Waals surface area contributed by atoms with Gasteiger partial charge in [0.15, 0.2) is 0 Å². The Bertz CT molecular complexity index is 436. The largest absolute Gasteiger partial charge is 0.325 e. The number of hydrogen-bond acceptors (Lipinski definition) is 2. The third kappa shape index (κ3) is 4.38. The molecule has 0 radical (unpaired) electrons. The summed E-state index contributed by atoms with van der Waals surface area (Å²) in [6.45, 7) is 0. The Morgan fingerprint density at radius 1 is 0.667 bits per heavy atom. The van der Waals surface area contributed by atoms with E-state index in [1.54, 1.807) is 0 Å². The Balaban J connectivity index is 1.77. The van der Waals surface area contributed by atoms with Gasteiger partial charge < -0.3 is 4.52 Å². The lowest BCUT2D eigenvalue weighted by Gasteiger charge is -2.41. The number of halogens is 3. The van der Waals surface area contributed by atoms with E-state index >= 15 is 0 Å². The second-order valence-corrected chi connectivity index (χ2v) is 10.9. The molecule has 3 rings (SSSR count). The van der Waals surface area contributed by atoms with Crippen molar-refractivity contribution < 1.29 is 22.3 Å². The van der Waals surface area contributed by atoms with Gasteiger partial charge in [0.2, 0.25) is 7.37 Å². The van der Waals surface area contributed by atoms with Gasteiger partial charge in [-0.1, -0.05) is 0 Å². The van der Waals surface area contributed by atoms with Crippen molar-refractivity contribution in [3.63, 3.8) is 0 Å². The molecule has 0 amide bonds. The molecule has 0 aromatic heterocycles. The highest BCUT2D eigenvalue weighted by Gasteiger charge is 2.47. The second-order valence-electron chi connectivity index (χ2n) is 7.97. The monoisotopic (exact) mass is 366 g/mol. The Labute approximate surface area is 143 Å². The highest BCUT2D eigenvalue weighted by Crippen LogP contribution is 2.65. The molecule has 3 aliphatic carbocycles. The van der Waals surface area contributed by atoms with E-state index in [1.165, 1.54) is 0 Å². The number of hydrogen-bond donors (Lipinski definition) is 0. The van der Waals surface area contributed by atoms with Crippen molar-refractivity contribution in [2.24, 2.45) is 0 Å². The van der Waals surface area contributed by atoms with E-state index in [0.29, 0.717) is 51.4 Å². The smallest absolute Gasteiger partial charge is 0.209 e. The molecule has 0 aromatic rings. The van der Waals surface area contributed by atoms with E-state index in [-0.39, 0.29) is 36.7 Å². The summed E-state index contributed by atoms with van der Waals surface area (Å²) in [7, 11) is -3.19.